The first kappa shape index (κ1) is 13.1. The molecule has 18 heavy (non-hydrogen) atoms. The third-order valence-electron chi connectivity index (χ3n) is 3.79. The average Bonchev–Trinajstić information content (AvgIpc) is 3.20. The fourth-order valence-electron chi connectivity index (χ4n) is 2.11. The number of benzene rings is 1. The Bertz CT molecular complexity index is 410. The zero-order valence-corrected chi connectivity index (χ0v) is 11.1. The maximum atomic E-state index is 12.2. The summed E-state index contributed by atoms with van der Waals surface area (Å²) in [5.74, 6) is 0.662. The van der Waals surface area contributed by atoms with Gasteiger partial charge >= 0.3 is 0 Å². The number of carbonyl (C=O) groups excluding carboxylic acids is 1. The van der Waals surface area contributed by atoms with Gasteiger partial charge in [-0.15, -0.1) is 0 Å². The number of nitrogens with two attached hydrogens (primary N) is 1. The Balaban J connectivity index is 1.94. The van der Waals surface area contributed by atoms with E-state index in [1.54, 1.807) is 0 Å². The lowest BCUT2D eigenvalue weighted by molar-refractivity contribution is -0.125. The molecule has 1 aliphatic carbocycles. The standard InChI is InChI=1S/C15H22N2O/c1-15(2,12-6-4-3-5-7-12)14(18)17-10-13(16)11-8-9-11/h3-7,11,13H,8-10,16H2,1-2H3,(H,17,18). The summed E-state index contributed by atoms with van der Waals surface area (Å²) in [6, 6.07) is 9.96. The third kappa shape index (κ3) is 2.91. The van der Waals surface area contributed by atoms with Crippen molar-refractivity contribution in [3.63, 3.8) is 0 Å². The summed E-state index contributed by atoms with van der Waals surface area (Å²) >= 11 is 0. The van der Waals surface area contributed by atoms with Gasteiger partial charge in [-0.1, -0.05) is 30.3 Å². The fourth-order valence-corrected chi connectivity index (χ4v) is 2.11. The highest BCUT2D eigenvalue weighted by Gasteiger charge is 2.32. The van der Waals surface area contributed by atoms with Gasteiger partial charge in [0.1, 0.15) is 0 Å². The molecule has 3 heteroatoms. The molecule has 0 aromatic heterocycles. The van der Waals surface area contributed by atoms with Crippen molar-refractivity contribution in [2.45, 2.75) is 38.1 Å². The first-order valence-corrected chi connectivity index (χ1v) is 6.61. The maximum Gasteiger partial charge on any atom is 0.230 e. The quantitative estimate of drug-likeness (QED) is 0.832. The van der Waals surface area contributed by atoms with E-state index < -0.39 is 5.41 Å². The molecule has 0 bridgehead atoms. The summed E-state index contributed by atoms with van der Waals surface area (Å²) in [6.07, 6.45) is 2.41. The molecule has 1 aromatic carbocycles. The number of carbonyl (C=O) groups is 1. The second kappa shape index (κ2) is 5.11. The second-order valence-corrected chi connectivity index (χ2v) is 5.70. The molecule has 0 aliphatic heterocycles. The minimum atomic E-state index is -0.509. The molecule has 1 fully saturated rings. The molecule has 3 nitrogen and oxygen atoms in total. The zero-order valence-electron chi connectivity index (χ0n) is 11.1. The van der Waals surface area contributed by atoms with Crippen LogP contribution in [0.2, 0.25) is 0 Å². The van der Waals surface area contributed by atoms with Gasteiger partial charge in [0.2, 0.25) is 5.91 Å². The van der Waals surface area contributed by atoms with E-state index in [9.17, 15) is 4.79 Å². The van der Waals surface area contributed by atoms with Gasteiger partial charge in [0, 0.05) is 12.6 Å². The van der Waals surface area contributed by atoms with Crippen LogP contribution in [0.5, 0.6) is 0 Å². The van der Waals surface area contributed by atoms with Gasteiger partial charge in [0.15, 0.2) is 0 Å². The van der Waals surface area contributed by atoms with E-state index in [2.05, 4.69) is 5.32 Å². The van der Waals surface area contributed by atoms with Crippen LogP contribution in [0.15, 0.2) is 30.3 Å². The van der Waals surface area contributed by atoms with Crippen molar-refractivity contribution in [3.8, 4) is 0 Å². The van der Waals surface area contributed by atoms with Crippen molar-refractivity contribution in [2.24, 2.45) is 11.7 Å². The molecule has 1 amide bonds. The van der Waals surface area contributed by atoms with Gasteiger partial charge in [0.25, 0.3) is 0 Å². The summed E-state index contributed by atoms with van der Waals surface area (Å²) in [4.78, 5) is 12.2. The van der Waals surface area contributed by atoms with Crippen molar-refractivity contribution < 1.29 is 4.79 Å². The van der Waals surface area contributed by atoms with Gasteiger partial charge < -0.3 is 11.1 Å². The van der Waals surface area contributed by atoms with Crippen LogP contribution < -0.4 is 11.1 Å². The van der Waals surface area contributed by atoms with Crippen molar-refractivity contribution in [2.75, 3.05) is 6.54 Å². The van der Waals surface area contributed by atoms with E-state index in [0.717, 1.165) is 5.56 Å². The molecule has 3 N–H and O–H groups in total. The van der Waals surface area contributed by atoms with Crippen molar-refractivity contribution in [3.05, 3.63) is 35.9 Å². The molecule has 1 atom stereocenters. The lowest BCUT2D eigenvalue weighted by Crippen LogP contribution is -2.45. The Morgan fingerprint density at radius 1 is 1.39 bits per heavy atom. The first-order chi connectivity index (χ1) is 8.51. The fraction of sp³-hybridized carbons (Fsp3) is 0.533. The van der Waals surface area contributed by atoms with E-state index in [-0.39, 0.29) is 11.9 Å². The smallest absolute Gasteiger partial charge is 0.230 e. The highest BCUT2D eigenvalue weighted by atomic mass is 16.2. The van der Waals surface area contributed by atoms with Gasteiger partial charge in [-0.2, -0.15) is 0 Å². The molecule has 1 aliphatic rings. The van der Waals surface area contributed by atoms with Crippen molar-refractivity contribution in [1.29, 1.82) is 0 Å². The minimum absolute atomic E-state index is 0.0461. The van der Waals surface area contributed by atoms with Crippen molar-refractivity contribution in [1.82, 2.24) is 5.32 Å². The Hall–Kier alpha value is -1.35. The van der Waals surface area contributed by atoms with Crippen LogP contribution in [0.3, 0.4) is 0 Å². The molecule has 1 aromatic rings. The summed E-state index contributed by atoms with van der Waals surface area (Å²) in [5, 5.41) is 2.98. The van der Waals surface area contributed by atoms with Crippen LogP contribution in [0, 0.1) is 5.92 Å². The predicted octanol–water partition coefficient (Wildman–Crippen LogP) is 1.82. The molecule has 1 saturated carbocycles. The number of nitrogens with one attached hydrogen (secondary N) is 1. The van der Waals surface area contributed by atoms with E-state index in [0.29, 0.717) is 12.5 Å². The van der Waals surface area contributed by atoms with Crippen LogP contribution in [0.4, 0.5) is 0 Å². The molecule has 2 rings (SSSR count). The molecular formula is C15H22N2O. The largest absolute Gasteiger partial charge is 0.354 e. The van der Waals surface area contributed by atoms with E-state index in [1.165, 1.54) is 12.8 Å². The Labute approximate surface area is 109 Å². The van der Waals surface area contributed by atoms with E-state index >= 15 is 0 Å². The molecule has 0 saturated heterocycles. The summed E-state index contributed by atoms with van der Waals surface area (Å²) < 4.78 is 0. The molecule has 0 spiro atoms. The number of hydrogen-bond acceptors (Lipinski definition) is 2. The van der Waals surface area contributed by atoms with Crippen LogP contribution in [0.25, 0.3) is 0 Å². The average molecular weight is 246 g/mol. The maximum absolute atomic E-state index is 12.2. The normalized spacial score (nSPS) is 17.3. The SMILES string of the molecule is CC(C)(C(=O)NCC(N)C1CC1)c1ccccc1. The van der Waals surface area contributed by atoms with Gasteiger partial charge in [-0.05, 0) is 38.2 Å². The van der Waals surface area contributed by atoms with Crippen LogP contribution in [-0.4, -0.2) is 18.5 Å². The molecule has 1 unspecified atom stereocenters. The Kier molecular flexibility index (Phi) is 3.71. The highest BCUT2D eigenvalue weighted by molar-refractivity contribution is 5.87. The van der Waals surface area contributed by atoms with Crippen LogP contribution >= 0.6 is 0 Å². The summed E-state index contributed by atoms with van der Waals surface area (Å²) in [7, 11) is 0. The highest BCUT2D eigenvalue weighted by Crippen LogP contribution is 2.31. The lowest BCUT2D eigenvalue weighted by Gasteiger charge is -2.25. The topological polar surface area (TPSA) is 55.1 Å². The third-order valence-corrected chi connectivity index (χ3v) is 3.79. The first-order valence-electron chi connectivity index (χ1n) is 6.61. The predicted molar refractivity (Wildman–Crippen MR) is 73.2 cm³/mol. The van der Waals surface area contributed by atoms with Crippen LogP contribution in [0.1, 0.15) is 32.3 Å². The molecule has 98 valence electrons. The molecular weight excluding hydrogens is 224 g/mol. The Morgan fingerprint density at radius 2 is 2.00 bits per heavy atom. The molecule has 0 radical (unpaired) electrons. The van der Waals surface area contributed by atoms with Gasteiger partial charge in [-0.3, -0.25) is 4.79 Å². The minimum Gasteiger partial charge on any atom is -0.354 e. The van der Waals surface area contributed by atoms with E-state index in [4.69, 9.17) is 5.73 Å². The Morgan fingerprint density at radius 3 is 2.56 bits per heavy atom. The van der Waals surface area contributed by atoms with Gasteiger partial charge in [-0.25, -0.2) is 0 Å². The zero-order chi connectivity index (χ0) is 13.2. The second-order valence-electron chi connectivity index (χ2n) is 5.70. The summed E-state index contributed by atoms with van der Waals surface area (Å²) in [6.45, 7) is 4.47. The van der Waals surface area contributed by atoms with Crippen LogP contribution in [-0.2, 0) is 10.2 Å². The number of hydrogen-bond donors (Lipinski definition) is 2. The van der Waals surface area contributed by atoms with E-state index in [1.807, 2.05) is 44.2 Å². The molecule has 0 heterocycles. The number of rotatable bonds is 5. The summed E-state index contributed by atoms with van der Waals surface area (Å²) in [5.41, 5.74) is 6.52. The monoisotopic (exact) mass is 246 g/mol. The van der Waals surface area contributed by atoms with Crippen molar-refractivity contribution >= 4 is 5.91 Å². The number of amides is 1. The van der Waals surface area contributed by atoms with Gasteiger partial charge in [0.05, 0.1) is 5.41 Å². The lowest BCUT2D eigenvalue weighted by atomic mass is 9.83.